The molecular weight excluding hydrogens is 491 g/mol. The standard InChI is InChI=1S/C18H11BrCl2N2O2S2/c19-11-3-1-2-10(6-11)7-15-17(25)23(18(26)27-15)9-16(24)22-14-5-4-12(20)8-13(14)21/h1-8H,9H2,(H,22,24)/b15-7+. The maximum Gasteiger partial charge on any atom is 0.266 e. The van der Waals surface area contributed by atoms with Crippen molar-refractivity contribution in [3.05, 3.63) is 67.5 Å². The van der Waals surface area contributed by atoms with E-state index in [9.17, 15) is 9.59 Å². The van der Waals surface area contributed by atoms with Gasteiger partial charge in [0.1, 0.15) is 10.9 Å². The van der Waals surface area contributed by atoms with E-state index in [1.54, 1.807) is 18.2 Å². The Morgan fingerprint density at radius 2 is 2.04 bits per heavy atom. The first-order valence-electron chi connectivity index (χ1n) is 7.59. The summed E-state index contributed by atoms with van der Waals surface area (Å²) in [5.74, 6) is -0.707. The van der Waals surface area contributed by atoms with Crippen molar-refractivity contribution >= 4 is 91.0 Å². The molecule has 2 aromatic carbocycles. The highest BCUT2D eigenvalue weighted by atomic mass is 79.9. The van der Waals surface area contributed by atoms with Crippen molar-refractivity contribution in [3.8, 4) is 0 Å². The lowest BCUT2D eigenvalue weighted by atomic mass is 10.2. The van der Waals surface area contributed by atoms with Crippen LogP contribution >= 0.6 is 63.1 Å². The van der Waals surface area contributed by atoms with Crippen LogP contribution in [0.3, 0.4) is 0 Å². The lowest BCUT2D eigenvalue weighted by molar-refractivity contribution is -0.126. The first kappa shape index (κ1) is 20.4. The fourth-order valence-electron chi connectivity index (χ4n) is 2.31. The molecule has 1 aliphatic heterocycles. The first-order valence-corrected chi connectivity index (χ1v) is 10.4. The van der Waals surface area contributed by atoms with Crippen LogP contribution in [-0.4, -0.2) is 27.6 Å². The second-order valence-corrected chi connectivity index (χ2v) is 8.93. The van der Waals surface area contributed by atoms with E-state index < -0.39 is 5.91 Å². The second kappa shape index (κ2) is 8.75. The van der Waals surface area contributed by atoms with Crippen LogP contribution in [0.25, 0.3) is 6.08 Å². The third-order valence-electron chi connectivity index (χ3n) is 3.53. The van der Waals surface area contributed by atoms with Crippen LogP contribution < -0.4 is 5.32 Å². The van der Waals surface area contributed by atoms with Gasteiger partial charge in [0.15, 0.2) is 0 Å². The molecule has 2 amide bonds. The van der Waals surface area contributed by atoms with Crippen LogP contribution in [0.1, 0.15) is 5.56 Å². The molecule has 2 aromatic rings. The molecule has 0 atom stereocenters. The predicted molar refractivity (Wildman–Crippen MR) is 119 cm³/mol. The SMILES string of the molecule is O=C(CN1C(=O)/C(=C\c2cccc(Br)c2)SC1=S)Nc1ccc(Cl)cc1Cl. The number of nitrogens with one attached hydrogen (secondary N) is 1. The summed E-state index contributed by atoms with van der Waals surface area (Å²) in [6, 6.07) is 12.3. The van der Waals surface area contributed by atoms with E-state index in [1.165, 1.54) is 22.7 Å². The van der Waals surface area contributed by atoms with Crippen LogP contribution in [0.4, 0.5) is 5.69 Å². The van der Waals surface area contributed by atoms with Crippen LogP contribution in [0.2, 0.25) is 10.0 Å². The van der Waals surface area contributed by atoms with Crippen molar-refractivity contribution in [1.82, 2.24) is 4.90 Å². The number of halogens is 3. The summed E-state index contributed by atoms with van der Waals surface area (Å²) < 4.78 is 1.24. The van der Waals surface area contributed by atoms with Crippen LogP contribution in [0.5, 0.6) is 0 Å². The number of rotatable bonds is 4. The first-order chi connectivity index (χ1) is 12.8. The zero-order valence-corrected chi connectivity index (χ0v) is 18.3. The molecule has 0 aromatic heterocycles. The highest BCUT2D eigenvalue weighted by molar-refractivity contribution is 9.10. The van der Waals surface area contributed by atoms with E-state index in [2.05, 4.69) is 21.2 Å². The quantitative estimate of drug-likeness (QED) is 0.437. The van der Waals surface area contributed by atoms with E-state index >= 15 is 0 Å². The topological polar surface area (TPSA) is 49.4 Å². The van der Waals surface area contributed by atoms with Crippen LogP contribution in [0.15, 0.2) is 51.8 Å². The lowest BCUT2D eigenvalue weighted by Gasteiger charge is -2.14. The Morgan fingerprint density at radius 3 is 2.74 bits per heavy atom. The fourth-order valence-corrected chi connectivity index (χ4v) is 4.44. The van der Waals surface area contributed by atoms with Crippen molar-refractivity contribution in [2.45, 2.75) is 0 Å². The molecule has 138 valence electrons. The van der Waals surface area contributed by atoms with Gasteiger partial charge in [-0.2, -0.15) is 0 Å². The number of nitrogens with zero attached hydrogens (tertiary/aromatic N) is 1. The molecule has 0 bridgehead atoms. The van der Waals surface area contributed by atoms with Crippen molar-refractivity contribution in [2.24, 2.45) is 0 Å². The van der Waals surface area contributed by atoms with Crippen molar-refractivity contribution in [3.63, 3.8) is 0 Å². The van der Waals surface area contributed by atoms with Gasteiger partial charge in [-0.3, -0.25) is 14.5 Å². The summed E-state index contributed by atoms with van der Waals surface area (Å²) in [6.07, 6.45) is 1.75. The minimum absolute atomic E-state index is 0.195. The summed E-state index contributed by atoms with van der Waals surface area (Å²) in [5, 5.41) is 3.44. The van der Waals surface area contributed by atoms with E-state index in [-0.39, 0.29) is 12.5 Å². The monoisotopic (exact) mass is 500 g/mol. The maximum absolute atomic E-state index is 12.6. The minimum atomic E-state index is -0.403. The Balaban J connectivity index is 1.71. The number of carbonyl (C=O) groups excluding carboxylic acids is 2. The number of thioether (sulfide) groups is 1. The Kier molecular flexibility index (Phi) is 6.60. The average molecular weight is 502 g/mol. The van der Waals surface area contributed by atoms with Gasteiger partial charge in [0, 0.05) is 9.50 Å². The van der Waals surface area contributed by atoms with E-state index in [0.717, 1.165) is 10.0 Å². The molecular formula is C18H11BrCl2N2O2S2. The van der Waals surface area contributed by atoms with Gasteiger partial charge in [-0.25, -0.2) is 0 Å². The molecule has 0 spiro atoms. The van der Waals surface area contributed by atoms with E-state index in [1.807, 2.05) is 24.3 Å². The number of hydrogen-bond donors (Lipinski definition) is 1. The van der Waals surface area contributed by atoms with E-state index in [4.69, 9.17) is 35.4 Å². The average Bonchev–Trinajstić information content (AvgIpc) is 2.85. The molecule has 4 nitrogen and oxygen atoms in total. The zero-order chi connectivity index (χ0) is 19.6. The summed E-state index contributed by atoms with van der Waals surface area (Å²) >= 11 is 21.7. The maximum atomic E-state index is 12.6. The number of thiocarbonyl (C=S) groups is 1. The van der Waals surface area contributed by atoms with Crippen molar-refractivity contribution in [2.75, 3.05) is 11.9 Å². The summed E-state index contributed by atoms with van der Waals surface area (Å²) in [6.45, 7) is -0.195. The van der Waals surface area contributed by atoms with Crippen LogP contribution in [-0.2, 0) is 9.59 Å². The normalized spacial score (nSPS) is 15.5. The molecule has 1 fully saturated rings. The summed E-state index contributed by atoms with van der Waals surface area (Å²) in [5.41, 5.74) is 1.28. The van der Waals surface area contributed by atoms with Gasteiger partial charge < -0.3 is 5.32 Å². The molecule has 0 unspecified atom stereocenters. The van der Waals surface area contributed by atoms with Gasteiger partial charge in [-0.1, -0.05) is 75.2 Å². The largest absolute Gasteiger partial charge is 0.323 e. The number of benzene rings is 2. The molecule has 3 rings (SSSR count). The molecule has 1 N–H and O–H groups in total. The molecule has 1 aliphatic rings. The smallest absolute Gasteiger partial charge is 0.266 e. The minimum Gasteiger partial charge on any atom is -0.323 e. The Hall–Kier alpha value is -1.38. The molecule has 0 saturated carbocycles. The van der Waals surface area contributed by atoms with Crippen molar-refractivity contribution in [1.29, 1.82) is 0 Å². The number of carbonyl (C=O) groups is 2. The van der Waals surface area contributed by atoms with Crippen molar-refractivity contribution < 1.29 is 9.59 Å². The fraction of sp³-hybridized carbons (Fsp3) is 0.0556. The number of amides is 2. The van der Waals surface area contributed by atoms with Gasteiger partial charge >= 0.3 is 0 Å². The van der Waals surface area contributed by atoms with Gasteiger partial charge in [0.05, 0.1) is 15.6 Å². The molecule has 1 saturated heterocycles. The van der Waals surface area contributed by atoms with Gasteiger partial charge in [-0.15, -0.1) is 0 Å². The predicted octanol–water partition coefficient (Wildman–Crippen LogP) is 5.60. The second-order valence-electron chi connectivity index (χ2n) is 5.50. The van der Waals surface area contributed by atoms with Gasteiger partial charge in [0.2, 0.25) is 5.91 Å². The molecule has 9 heteroatoms. The van der Waals surface area contributed by atoms with Gasteiger partial charge in [0.25, 0.3) is 5.91 Å². The molecule has 0 radical (unpaired) electrons. The van der Waals surface area contributed by atoms with E-state index in [0.29, 0.717) is 25.0 Å². The molecule has 0 aliphatic carbocycles. The third-order valence-corrected chi connectivity index (χ3v) is 5.95. The number of hydrogen-bond acceptors (Lipinski definition) is 4. The van der Waals surface area contributed by atoms with Crippen LogP contribution in [0, 0.1) is 0 Å². The molecule has 27 heavy (non-hydrogen) atoms. The molecule has 1 heterocycles. The highest BCUT2D eigenvalue weighted by Crippen LogP contribution is 2.33. The third kappa shape index (κ3) is 5.12. The Labute approximate surface area is 184 Å². The summed E-state index contributed by atoms with van der Waals surface area (Å²) in [4.78, 5) is 26.7. The zero-order valence-electron chi connectivity index (χ0n) is 13.5. The Morgan fingerprint density at radius 1 is 1.26 bits per heavy atom. The Bertz CT molecular complexity index is 982. The lowest BCUT2D eigenvalue weighted by Crippen LogP contribution is -2.36. The van der Waals surface area contributed by atoms with Gasteiger partial charge in [-0.05, 0) is 42.0 Å². The highest BCUT2D eigenvalue weighted by Gasteiger charge is 2.33. The number of anilines is 1. The summed E-state index contributed by atoms with van der Waals surface area (Å²) in [7, 11) is 0.